The molecule has 3 aromatic rings. The van der Waals surface area contributed by atoms with Gasteiger partial charge in [0.15, 0.2) is 5.69 Å². The van der Waals surface area contributed by atoms with E-state index >= 15 is 0 Å². The van der Waals surface area contributed by atoms with Gasteiger partial charge in [0, 0.05) is 23.9 Å². The van der Waals surface area contributed by atoms with Crippen molar-refractivity contribution >= 4 is 11.6 Å². The molecule has 0 bridgehead atoms. The number of hydrogen-bond donors (Lipinski definition) is 1. The van der Waals surface area contributed by atoms with Crippen LogP contribution in [0, 0.1) is 0 Å². The number of carbonyl (C=O) groups excluding carboxylic acids is 1. The highest BCUT2D eigenvalue weighted by Crippen LogP contribution is 2.29. The second kappa shape index (κ2) is 8.42. The topological polar surface area (TPSA) is 96.7 Å². The fourth-order valence-electron chi connectivity index (χ4n) is 3.28. The molecule has 0 radical (unpaired) electrons. The van der Waals surface area contributed by atoms with E-state index in [2.05, 4.69) is 15.6 Å². The Morgan fingerprint density at radius 3 is 2.33 bits per heavy atom. The minimum Gasteiger partial charge on any atom is -0.497 e. The van der Waals surface area contributed by atoms with Crippen LogP contribution < -0.4 is 19.5 Å². The first-order valence-corrected chi connectivity index (χ1v) is 9.33. The maximum atomic E-state index is 12.8. The lowest BCUT2D eigenvalue weighted by Gasteiger charge is -2.24. The highest BCUT2D eigenvalue weighted by atomic mass is 16.5. The summed E-state index contributed by atoms with van der Waals surface area (Å²) in [7, 11) is 4.72. The molecule has 1 aliphatic heterocycles. The van der Waals surface area contributed by atoms with Crippen molar-refractivity contribution in [2.24, 2.45) is 0 Å². The minimum atomic E-state index is -0.377. The highest BCUT2D eigenvalue weighted by molar-refractivity contribution is 6.03. The Kier molecular flexibility index (Phi) is 5.53. The molecule has 0 saturated heterocycles. The van der Waals surface area contributed by atoms with Gasteiger partial charge in [-0.05, 0) is 17.7 Å². The van der Waals surface area contributed by atoms with Crippen LogP contribution in [-0.2, 0) is 17.9 Å². The number of anilines is 1. The molecular weight excluding hydrogens is 388 g/mol. The van der Waals surface area contributed by atoms with Gasteiger partial charge in [0.25, 0.3) is 5.91 Å². The largest absolute Gasteiger partial charge is 0.497 e. The van der Waals surface area contributed by atoms with Crippen LogP contribution in [0.25, 0.3) is 0 Å². The summed E-state index contributed by atoms with van der Waals surface area (Å²) in [6.45, 7) is 0.697. The zero-order valence-electron chi connectivity index (χ0n) is 16.9. The predicted octanol–water partition coefficient (Wildman–Crippen LogP) is 2.83. The average Bonchev–Trinajstić information content (AvgIpc) is 3.22. The number of aromatic nitrogens is 3. The first-order chi connectivity index (χ1) is 14.6. The summed E-state index contributed by atoms with van der Waals surface area (Å²) >= 11 is 0. The number of ether oxygens (including phenoxy) is 4. The lowest BCUT2D eigenvalue weighted by atomic mass is 10.1. The van der Waals surface area contributed by atoms with E-state index < -0.39 is 0 Å². The predicted molar refractivity (Wildman–Crippen MR) is 108 cm³/mol. The van der Waals surface area contributed by atoms with Gasteiger partial charge in [0.1, 0.15) is 23.4 Å². The van der Waals surface area contributed by atoms with Crippen LogP contribution in [-0.4, -0.2) is 42.2 Å². The maximum Gasteiger partial charge on any atom is 0.278 e. The number of benzene rings is 2. The van der Waals surface area contributed by atoms with Crippen molar-refractivity contribution in [2.75, 3.05) is 26.6 Å². The van der Waals surface area contributed by atoms with E-state index in [0.29, 0.717) is 29.4 Å². The maximum absolute atomic E-state index is 12.8. The molecule has 0 spiro atoms. The second-order valence-electron chi connectivity index (χ2n) is 6.70. The molecule has 4 rings (SSSR count). The molecular formula is C21H22N4O5. The number of hydrogen-bond acceptors (Lipinski definition) is 7. The summed E-state index contributed by atoms with van der Waals surface area (Å²) in [6, 6.07) is 12.8. The number of amides is 1. The normalized spacial score (nSPS) is 15.2. The van der Waals surface area contributed by atoms with E-state index in [9.17, 15) is 4.79 Å². The third kappa shape index (κ3) is 3.92. The number of nitrogens with zero attached hydrogens (tertiary/aromatic N) is 3. The van der Waals surface area contributed by atoms with Gasteiger partial charge in [-0.3, -0.25) is 4.79 Å². The van der Waals surface area contributed by atoms with Gasteiger partial charge in [-0.25, -0.2) is 4.68 Å². The molecule has 0 fully saturated rings. The molecule has 1 aromatic heterocycles. The Labute approximate surface area is 173 Å². The zero-order valence-corrected chi connectivity index (χ0v) is 16.9. The fourth-order valence-corrected chi connectivity index (χ4v) is 3.28. The van der Waals surface area contributed by atoms with Gasteiger partial charge in [-0.1, -0.05) is 17.3 Å². The van der Waals surface area contributed by atoms with Crippen molar-refractivity contribution in [3.63, 3.8) is 0 Å². The molecule has 0 unspecified atom stereocenters. The minimum absolute atomic E-state index is 0.177. The van der Waals surface area contributed by atoms with Crippen molar-refractivity contribution in [1.29, 1.82) is 0 Å². The van der Waals surface area contributed by atoms with Crippen molar-refractivity contribution in [3.8, 4) is 17.2 Å². The van der Waals surface area contributed by atoms with Crippen LogP contribution in [0.3, 0.4) is 0 Å². The molecule has 1 N–H and O–H groups in total. The van der Waals surface area contributed by atoms with Crippen molar-refractivity contribution in [1.82, 2.24) is 15.0 Å². The summed E-state index contributed by atoms with van der Waals surface area (Å²) < 4.78 is 23.3. The van der Waals surface area contributed by atoms with Gasteiger partial charge in [0.2, 0.25) is 0 Å². The van der Waals surface area contributed by atoms with Gasteiger partial charge in [-0.2, -0.15) is 0 Å². The first kappa shape index (κ1) is 19.7. The van der Waals surface area contributed by atoms with Crippen LogP contribution in [0.4, 0.5) is 5.69 Å². The van der Waals surface area contributed by atoms with Gasteiger partial charge >= 0.3 is 0 Å². The smallest absolute Gasteiger partial charge is 0.278 e. The van der Waals surface area contributed by atoms with Crippen LogP contribution in [0.2, 0.25) is 0 Å². The summed E-state index contributed by atoms with van der Waals surface area (Å²) in [5.74, 6) is 1.54. The molecule has 156 valence electrons. The molecule has 9 heteroatoms. The van der Waals surface area contributed by atoms with Crippen LogP contribution in [0.1, 0.15) is 27.8 Å². The van der Waals surface area contributed by atoms with Crippen molar-refractivity contribution in [3.05, 3.63) is 59.4 Å². The second-order valence-corrected chi connectivity index (χ2v) is 6.70. The zero-order chi connectivity index (χ0) is 21.1. The fraction of sp³-hybridized carbons (Fsp3) is 0.286. The monoisotopic (exact) mass is 410 g/mol. The van der Waals surface area contributed by atoms with E-state index in [1.54, 1.807) is 44.2 Å². The molecule has 9 nitrogen and oxygen atoms in total. The molecule has 1 amide bonds. The summed E-state index contributed by atoms with van der Waals surface area (Å²) in [6.07, 6.45) is -0.177. The molecule has 30 heavy (non-hydrogen) atoms. The lowest BCUT2D eigenvalue weighted by molar-refractivity contribution is -0.00173. The molecule has 1 aliphatic rings. The Balaban J connectivity index is 1.50. The Morgan fingerprint density at radius 1 is 1.03 bits per heavy atom. The molecule has 2 heterocycles. The average molecular weight is 410 g/mol. The summed E-state index contributed by atoms with van der Waals surface area (Å²) in [5.41, 5.74) is 2.40. The van der Waals surface area contributed by atoms with Crippen molar-refractivity contribution < 1.29 is 23.7 Å². The Morgan fingerprint density at radius 2 is 1.70 bits per heavy atom. The number of rotatable bonds is 6. The number of fused-ring (bicyclic) bond motifs is 1. The third-order valence-electron chi connectivity index (χ3n) is 4.91. The van der Waals surface area contributed by atoms with Gasteiger partial charge in [0.05, 0.1) is 40.2 Å². The first-order valence-electron chi connectivity index (χ1n) is 9.33. The lowest BCUT2D eigenvalue weighted by Crippen LogP contribution is -2.24. The standard InChI is InChI=1S/C21H22N4O5/c1-27-15-6-4-13(5-7-15)19-11-25-18(12-30-19)20(23-24-25)21(26)22-14-8-16(28-2)10-17(9-14)29-3/h4-10,19H,11-12H2,1-3H3,(H,22,26)/t19-/m1/s1. The number of carbonyl (C=O) groups is 1. The van der Waals surface area contributed by atoms with E-state index in [0.717, 1.165) is 11.3 Å². The van der Waals surface area contributed by atoms with Crippen LogP contribution >= 0.6 is 0 Å². The van der Waals surface area contributed by atoms with Crippen LogP contribution in [0.5, 0.6) is 17.2 Å². The van der Waals surface area contributed by atoms with Gasteiger partial charge < -0.3 is 24.3 Å². The summed E-state index contributed by atoms with van der Waals surface area (Å²) in [5, 5.41) is 11.0. The van der Waals surface area contributed by atoms with Gasteiger partial charge in [-0.15, -0.1) is 5.10 Å². The molecule has 0 saturated carbocycles. The van der Waals surface area contributed by atoms with E-state index in [4.69, 9.17) is 18.9 Å². The van der Waals surface area contributed by atoms with E-state index in [-0.39, 0.29) is 24.3 Å². The Hall–Kier alpha value is -3.59. The SMILES string of the molecule is COc1ccc([C@H]2Cn3nnc(C(=O)Nc4cc(OC)cc(OC)c4)c3CO2)cc1. The van der Waals surface area contributed by atoms with Crippen molar-refractivity contribution in [2.45, 2.75) is 19.3 Å². The van der Waals surface area contributed by atoms with E-state index in [1.165, 1.54) is 0 Å². The summed E-state index contributed by atoms with van der Waals surface area (Å²) in [4.78, 5) is 12.8. The molecule has 0 aliphatic carbocycles. The van der Waals surface area contributed by atoms with E-state index in [1.807, 2.05) is 24.3 Å². The third-order valence-corrected chi connectivity index (χ3v) is 4.91. The van der Waals surface area contributed by atoms with Crippen LogP contribution in [0.15, 0.2) is 42.5 Å². The number of methoxy groups -OCH3 is 3. The molecule has 1 atom stereocenters. The molecule has 2 aromatic carbocycles. The Bertz CT molecular complexity index is 1030. The highest BCUT2D eigenvalue weighted by Gasteiger charge is 2.28. The quantitative estimate of drug-likeness (QED) is 0.667. The number of nitrogens with one attached hydrogen (secondary N) is 1.